The van der Waals surface area contributed by atoms with Crippen molar-refractivity contribution in [1.29, 1.82) is 0 Å². The summed E-state index contributed by atoms with van der Waals surface area (Å²) in [5.74, 6) is -0.234. The Bertz CT molecular complexity index is 857. The van der Waals surface area contributed by atoms with E-state index in [4.69, 9.17) is 23.2 Å². The van der Waals surface area contributed by atoms with Gasteiger partial charge >= 0.3 is 0 Å². The number of nitrogens with zero attached hydrogens (tertiary/aromatic N) is 2. The number of carbonyl (C=O) groups is 1. The van der Waals surface area contributed by atoms with E-state index in [1.54, 1.807) is 30.3 Å². The number of nitro benzene ring substituents is 1. The van der Waals surface area contributed by atoms with Crippen molar-refractivity contribution in [3.05, 3.63) is 62.1 Å². The lowest BCUT2D eigenvalue weighted by Crippen LogP contribution is -2.37. The number of hydrogen-bond acceptors (Lipinski definition) is 4. The zero-order chi connectivity index (χ0) is 18.1. The van der Waals surface area contributed by atoms with Gasteiger partial charge in [-0.05, 0) is 43.2 Å². The molecule has 0 fully saturated rings. The minimum atomic E-state index is -0.415. The third-order valence-electron chi connectivity index (χ3n) is 4.15. The fraction of sp³-hybridized carbons (Fsp3) is 0.235. The monoisotopic (exact) mass is 379 g/mol. The Hall–Kier alpha value is -2.31. The van der Waals surface area contributed by atoms with Crippen molar-refractivity contribution in [3.8, 4) is 0 Å². The minimum absolute atomic E-state index is 0.0583. The lowest BCUT2D eigenvalue weighted by Gasteiger charge is -2.24. The van der Waals surface area contributed by atoms with E-state index < -0.39 is 4.92 Å². The number of nitrogens with one attached hydrogen (secondary N) is 1. The van der Waals surface area contributed by atoms with Crippen LogP contribution in [0.3, 0.4) is 0 Å². The summed E-state index contributed by atoms with van der Waals surface area (Å²) in [5, 5.41) is 14.5. The highest BCUT2D eigenvalue weighted by Crippen LogP contribution is 2.34. The maximum absolute atomic E-state index is 12.4. The molecule has 0 radical (unpaired) electrons. The first-order chi connectivity index (χ1) is 11.8. The molecule has 2 aromatic rings. The quantitative estimate of drug-likeness (QED) is 0.634. The molecule has 1 N–H and O–H groups in total. The highest BCUT2D eigenvalue weighted by Gasteiger charge is 2.29. The first kappa shape index (κ1) is 17.5. The number of carbonyl (C=O) groups excluding carboxylic acids is 1. The maximum atomic E-state index is 12.4. The maximum Gasteiger partial charge on any atom is 0.269 e. The lowest BCUT2D eigenvalue weighted by molar-refractivity contribution is -0.384. The highest BCUT2D eigenvalue weighted by molar-refractivity contribution is 6.35. The van der Waals surface area contributed by atoms with Crippen LogP contribution in [0.15, 0.2) is 36.4 Å². The minimum Gasteiger partial charge on any atom is -0.359 e. The number of anilines is 2. The molecule has 0 saturated heterocycles. The van der Waals surface area contributed by atoms with Crippen molar-refractivity contribution in [1.82, 2.24) is 0 Å². The van der Waals surface area contributed by atoms with Gasteiger partial charge in [-0.3, -0.25) is 14.9 Å². The second-order valence-electron chi connectivity index (χ2n) is 5.92. The molecule has 130 valence electrons. The van der Waals surface area contributed by atoms with E-state index in [1.165, 1.54) is 6.07 Å². The van der Waals surface area contributed by atoms with Gasteiger partial charge in [0, 0.05) is 28.9 Å². The molecule has 1 aliphatic heterocycles. The number of hydrogen-bond donors (Lipinski definition) is 1. The molecule has 0 saturated carbocycles. The Labute approximate surface area is 154 Å². The summed E-state index contributed by atoms with van der Waals surface area (Å²) >= 11 is 12.0. The Kier molecular flexibility index (Phi) is 4.83. The van der Waals surface area contributed by atoms with Crippen LogP contribution in [0.4, 0.5) is 17.1 Å². The summed E-state index contributed by atoms with van der Waals surface area (Å²) in [6, 6.07) is 9.63. The number of fused-ring (bicyclic) bond motifs is 1. The number of non-ortho nitro benzene ring substituents is 1. The number of amides is 1. The normalized spacial score (nSPS) is 15.8. The van der Waals surface area contributed by atoms with Gasteiger partial charge in [0.15, 0.2) is 0 Å². The summed E-state index contributed by atoms with van der Waals surface area (Å²) < 4.78 is 0. The van der Waals surface area contributed by atoms with Gasteiger partial charge in [0.1, 0.15) is 0 Å². The van der Waals surface area contributed by atoms with E-state index in [2.05, 4.69) is 5.32 Å². The van der Waals surface area contributed by atoms with Crippen molar-refractivity contribution < 1.29 is 9.72 Å². The van der Waals surface area contributed by atoms with Crippen molar-refractivity contribution in [2.75, 3.05) is 16.8 Å². The van der Waals surface area contributed by atoms with Crippen LogP contribution in [-0.4, -0.2) is 23.4 Å². The van der Waals surface area contributed by atoms with E-state index in [1.807, 2.05) is 11.8 Å². The molecule has 0 bridgehead atoms. The van der Waals surface area contributed by atoms with E-state index >= 15 is 0 Å². The molecule has 1 atom stereocenters. The molecule has 0 spiro atoms. The zero-order valence-electron chi connectivity index (χ0n) is 13.3. The van der Waals surface area contributed by atoms with Crippen molar-refractivity contribution in [2.24, 2.45) is 0 Å². The van der Waals surface area contributed by atoms with Crippen LogP contribution in [0.2, 0.25) is 10.0 Å². The lowest BCUT2D eigenvalue weighted by atomic mass is 10.1. The smallest absolute Gasteiger partial charge is 0.269 e. The number of rotatable bonds is 4. The molecule has 2 aromatic carbocycles. The van der Waals surface area contributed by atoms with Gasteiger partial charge in [-0.25, -0.2) is 0 Å². The van der Waals surface area contributed by atoms with Crippen LogP contribution in [0.5, 0.6) is 0 Å². The summed E-state index contributed by atoms with van der Waals surface area (Å²) in [5.41, 5.74) is 2.22. The Morgan fingerprint density at radius 2 is 2.08 bits per heavy atom. The SMILES string of the molecule is CC1Cc2cc([N+](=O)[O-])ccc2N1CC(=O)Nc1cc(Cl)ccc1Cl. The van der Waals surface area contributed by atoms with Gasteiger partial charge in [-0.1, -0.05) is 23.2 Å². The second-order valence-corrected chi connectivity index (χ2v) is 6.77. The van der Waals surface area contributed by atoms with Crippen LogP contribution in [0.1, 0.15) is 12.5 Å². The molecule has 1 unspecified atom stereocenters. The van der Waals surface area contributed by atoms with Gasteiger partial charge in [-0.2, -0.15) is 0 Å². The first-order valence-corrected chi connectivity index (χ1v) is 8.39. The molecule has 0 aliphatic carbocycles. The van der Waals surface area contributed by atoms with Crippen LogP contribution < -0.4 is 10.2 Å². The molecule has 25 heavy (non-hydrogen) atoms. The summed E-state index contributed by atoms with van der Waals surface area (Å²) in [4.78, 5) is 24.8. The molecule has 1 heterocycles. The molecule has 8 heteroatoms. The molecule has 1 aliphatic rings. The van der Waals surface area contributed by atoms with E-state index in [-0.39, 0.29) is 24.2 Å². The Balaban J connectivity index is 1.76. The van der Waals surface area contributed by atoms with Crippen LogP contribution in [-0.2, 0) is 11.2 Å². The van der Waals surface area contributed by atoms with Gasteiger partial charge < -0.3 is 10.2 Å². The van der Waals surface area contributed by atoms with Crippen LogP contribution >= 0.6 is 23.2 Å². The van der Waals surface area contributed by atoms with Crippen molar-refractivity contribution in [2.45, 2.75) is 19.4 Å². The van der Waals surface area contributed by atoms with Gasteiger partial charge in [0.2, 0.25) is 5.91 Å². The molecular formula is C17H15Cl2N3O3. The average Bonchev–Trinajstić information content (AvgIpc) is 2.86. The van der Waals surface area contributed by atoms with Crippen molar-refractivity contribution in [3.63, 3.8) is 0 Å². The average molecular weight is 380 g/mol. The number of halogens is 2. The van der Waals surface area contributed by atoms with Crippen LogP contribution in [0.25, 0.3) is 0 Å². The van der Waals surface area contributed by atoms with Gasteiger partial charge in [0.05, 0.1) is 22.2 Å². The molecule has 3 rings (SSSR count). The fourth-order valence-corrected chi connectivity index (χ4v) is 3.31. The predicted molar refractivity (Wildman–Crippen MR) is 98.7 cm³/mol. The topological polar surface area (TPSA) is 75.5 Å². The number of benzene rings is 2. The first-order valence-electron chi connectivity index (χ1n) is 7.64. The summed E-state index contributed by atoms with van der Waals surface area (Å²) in [6.07, 6.45) is 0.655. The molecule has 0 aromatic heterocycles. The molecular weight excluding hydrogens is 365 g/mol. The van der Waals surface area contributed by atoms with Crippen molar-refractivity contribution >= 4 is 46.2 Å². The second kappa shape index (κ2) is 6.90. The Morgan fingerprint density at radius 1 is 1.32 bits per heavy atom. The van der Waals surface area contributed by atoms with Gasteiger partial charge in [-0.15, -0.1) is 0 Å². The third-order valence-corrected chi connectivity index (χ3v) is 4.71. The third kappa shape index (κ3) is 3.70. The number of nitro groups is 1. The largest absolute Gasteiger partial charge is 0.359 e. The molecule has 6 nitrogen and oxygen atoms in total. The highest BCUT2D eigenvalue weighted by atomic mass is 35.5. The van der Waals surface area contributed by atoms with Gasteiger partial charge in [0.25, 0.3) is 5.69 Å². The van der Waals surface area contributed by atoms with E-state index in [9.17, 15) is 14.9 Å². The summed E-state index contributed by atoms with van der Waals surface area (Å²) in [6.45, 7) is 2.10. The standard InChI is InChI=1S/C17H15Cl2N3O3/c1-10-6-11-7-13(22(24)25)3-5-16(11)21(10)9-17(23)20-15-8-12(18)2-4-14(15)19/h2-5,7-8,10H,6,9H2,1H3,(H,20,23). The zero-order valence-corrected chi connectivity index (χ0v) is 14.8. The Morgan fingerprint density at radius 3 is 2.80 bits per heavy atom. The summed E-state index contributed by atoms with van der Waals surface area (Å²) in [7, 11) is 0. The fourth-order valence-electron chi connectivity index (χ4n) is 2.97. The predicted octanol–water partition coefficient (Wildman–Crippen LogP) is 4.29. The van der Waals surface area contributed by atoms with E-state index in [0.29, 0.717) is 22.2 Å². The van der Waals surface area contributed by atoms with Crippen LogP contribution in [0, 0.1) is 10.1 Å². The molecule has 1 amide bonds. The van der Waals surface area contributed by atoms with E-state index in [0.717, 1.165) is 11.3 Å².